The minimum absolute atomic E-state index is 0.281. The van der Waals surface area contributed by atoms with E-state index in [1.165, 1.54) is 86.0 Å². The quantitative estimate of drug-likeness (QED) is 0.181. The van der Waals surface area contributed by atoms with Gasteiger partial charge in [0.1, 0.15) is 0 Å². The van der Waals surface area contributed by atoms with Crippen molar-refractivity contribution in [1.82, 2.24) is 4.57 Å². The van der Waals surface area contributed by atoms with Crippen LogP contribution in [0.3, 0.4) is 0 Å². The lowest BCUT2D eigenvalue weighted by atomic mass is 9.59. The molecule has 3 heteroatoms. The van der Waals surface area contributed by atoms with Gasteiger partial charge in [0.2, 0.25) is 0 Å². The molecule has 0 bridgehead atoms. The molecule has 3 heterocycles. The summed E-state index contributed by atoms with van der Waals surface area (Å²) in [5.41, 5.74) is 12.7. The summed E-state index contributed by atoms with van der Waals surface area (Å²) in [6.07, 6.45) is 8.05. The van der Waals surface area contributed by atoms with Crippen molar-refractivity contribution in [2.45, 2.75) is 26.5 Å². The zero-order valence-electron chi connectivity index (χ0n) is 28.4. The van der Waals surface area contributed by atoms with E-state index >= 15 is 0 Å². The number of thioether (sulfide) groups is 1. The van der Waals surface area contributed by atoms with Gasteiger partial charge in [-0.1, -0.05) is 181 Å². The highest BCUT2D eigenvalue weighted by Crippen LogP contribution is 2.66. The van der Waals surface area contributed by atoms with Crippen LogP contribution in [0, 0.1) is 5.92 Å². The molecule has 2 aliphatic heterocycles. The van der Waals surface area contributed by atoms with Gasteiger partial charge in [0, 0.05) is 42.6 Å². The van der Waals surface area contributed by atoms with E-state index in [-0.39, 0.29) is 11.3 Å². The fourth-order valence-corrected chi connectivity index (χ4v) is 12.0. The number of benzene rings is 7. The van der Waals surface area contributed by atoms with Crippen LogP contribution < -0.4 is 0 Å². The summed E-state index contributed by atoms with van der Waals surface area (Å²) < 4.78 is 2.47. The van der Waals surface area contributed by atoms with E-state index < -0.39 is 0 Å². The van der Waals surface area contributed by atoms with Gasteiger partial charge >= 0.3 is 0 Å². The first-order valence-electron chi connectivity index (χ1n) is 18.0. The second-order valence-corrected chi connectivity index (χ2v) is 16.1. The Morgan fingerprint density at radius 1 is 0.519 bits per heavy atom. The second-order valence-electron chi connectivity index (χ2n) is 13.9. The molecule has 1 aromatic heterocycles. The van der Waals surface area contributed by atoms with Gasteiger partial charge in [-0.15, -0.1) is 0 Å². The highest BCUT2D eigenvalue weighted by molar-refractivity contribution is 8.03. The van der Waals surface area contributed by atoms with Crippen LogP contribution in [0.25, 0.3) is 49.7 Å². The lowest BCUT2D eigenvalue weighted by molar-refractivity contribution is 0.416. The van der Waals surface area contributed by atoms with Crippen molar-refractivity contribution < 1.29 is 0 Å². The zero-order chi connectivity index (χ0) is 34.2. The molecule has 7 aromatic carbocycles. The lowest BCUT2D eigenvalue weighted by Gasteiger charge is -2.51. The topological polar surface area (TPSA) is 4.93 Å². The van der Waals surface area contributed by atoms with Gasteiger partial charge in [0.05, 0.1) is 16.4 Å². The van der Waals surface area contributed by atoms with Gasteiger partial charge in [-0.05, 0) is 69.0 Å². The number of hydrogen-bond acceptors (Lipinski definition) is 2. The summed E-state index contributed by atoms with van der Waals surface area (Å²) in [4.78, 5) is 5.52. The van der Waals surface area contributed by atoms with E-state index in [9.17, 15) is 0 Å². The number of para-hydroxylation sites is 3. The summed E-state index contributed by atoms with van der Waals surface area (Å²) >= 11 is 3.93. The van der Waals surface area contributed by atoms with Crippen LogP contribution in [0.5, 0.6) is 0 Å². The Hall–Kier alpha value is -5.48. The highest BCUT2D eigenvalue weighted by atomic mass is 32.2. The number of aromatic nitrogens is 1. The number of rotatable bonds is 3. The number of fused-ring (bicyclic) bond motifs is 11. The molecule has 0 saturated heterocycles. The number of allylic oxidation sites excluding steroid dienone is 4. The monoisotopic (exact) mass is 699 g/mol. The lowest BCUT2D eigenvalue weighted by Crippen LogP contribution is -2.43. The minimum Gasteiger partial charge on any atom is -0.309 e. The third-order valence-corrected chi connectivity index (χ3v) is 13.9. The van der Waals surface area contributed by atoms with E-state index in [1.54, 1.807) is 0 Å². The first-order valence-corrected chi connectivity index (χ1v) is 19.7. The minimum atomic E-state index is -0.366. The summed E-state index contributed by atoms with van der Waals surface area (Å²) in [5.74, 6) is 0.281. The Labute approximate surface area is 312 Å². The molecule has 1 spiro atoms. The normalized spacial score (nSPS) is 18.5. The molecule has 1 aliphatic carbocycles. The molecular weight excluding hydrogens is 667 g/mol. The maximum Gasteiger partial charge on any atom is 0.0619 e. The predicted molar refractivity (Wildman–Crippen MR) is 220 cm³/mol. The summed E-state index contributed by atoms with van der Waals surface area (Å²) in [7, 11) is 0. The number of nitrogens with zero attached hydrogens (tertiary/aromatic N) is 1. The van der Waals surface area contributed by atoms with Crippen molar-refractivity contribution in [3.05, 3.63) is 204 Å². The molecule has 0 fully saturated rings. The predicted octanol–water partition coefficient (Wildman–Crippen LogP) is 13.5. The maximum absolute atomic E-state index is 2.47. The summed E-state index contributed by atoms with van der Waals surface area (Å²) in [5, 5.41) is 2.55. The van der Waals surface area contributed by atoms with Crippen LogP contribution >= 0.6 is 23.5 Å². The van der Waals surface area contributed by atoms with Crippen LogP contribution in [-0.4, -0.2) is 4.57 Å². The molecule has 0 saturated carbocycles. The van der Waals surface area contributed by atoms with Crippen molar-refractivity contribution in [1.29, 1.82) is 0 Å². The molecular formula is C49H33NS2. The average molecular weight is 700 g/mol. The SMILES string of the molecule is C1=CCC2C(=C1)Sc1c(-c3cccc4c5ccccc5n(-c5ccccc5)c34)cccc1C21c2ccccc2Sc2c(-c3ccccc3)cccc21. The highest BCUT2D eigenvalue weighted by Gasteiger charge is 2.53. The fourth-order valence-electron chi connectivity index (χ4n) is 9.27. The smallest absolute Gasteiger partial charge is 0.0619 e. The van der Waals surface area contributed by atoms with Crippen LogP contribution in [-0.2, 0) is 5.41 Å². The number of hydrogen-bond donors (Lipinski definition) is 0. The fraction of sp³-hybridized carbons (Fsp3) is 0.0612. The molecule has 52 heavy (non-hydrogen) atoms. The van der Waals surface area contributed by atoms with E-state index in [0.717, 1.165) is 6.42 Å². The van der Waals surface area contributed by atoms with Gasteiger partial charge < -0.3 is 4.57 Å². The largest absolute Gasteiger partial charge is 0.309 e. The van der Waals surface area contributed by atoms with E-state index in [0.29, 0.717) is 0 Å². The first kappa shape index (κ1) is 30.2. The maximum atomic E-state index is 2.47. The molecule has 246 valence electrons. The molecule has 8 aromatic rings. The Balaban J connectivity index is 1.26. The Morgan fingerprint density at radius 2 is 1.15 bits per heavy atom. The zero-order valence-corrected chi connectivity index (χ0v) is 30.0. The molecule has 2 unspecified atom stereocenters. The van der Waals surface area contributed by atoms with E-state index in [2.05, 4.69) is 187 Å². The Kier molecular flexibility index (Phi) is 6.83. The third-order valence-electron chi connectivity index (χ3n) is 11.3. The first-order chi connectivity index (χ1) is 25.8. The van der Waals surface area contributed by atoms with E-state index in [4.69, 9.17) is 0 Å². The molecule has 0 N–H and O–H groups in total. The Morgan fingerprint density at radius 3 is 2.00 bits per heavy atom. The molecule has 11 rings (SSSR count). The average Bonchev–Trinajstić information content (AvgIpc) is 3.56. The van der Waals surface area contributed by atoms with Crippen molar-refractivity contribution in [3.63, 3.8) is 0 Å². The van der Waals surface area contributed by atoms with Gasteiger partial charge in [-0.3, -0.25) is 0 Å². The van der Waals surface area contributed by atoms with Crippen molar-refractivity contribution in [2.75, 3.05) is 0 Å². The van der Waals surface area contributed by atoms with Crippen LogP contribution in [0.2, 0.25) is 0 Å². The Bertz CT molecular complexity index is 2770. The van der Waals surface area contributed by atoms with E-state index in [1.807, 2.05) is 23.5 Å². The van der Waals surface area contributed by atoms with Crippen molar-refractivity contribution in [3.8, 4) is 27.9 Å². The molecule has 2 atom stereocenters. The summed E-state index contributed by atoms with van der Waals surface area (Å²) in [6.45, 7) is 0. The van der Waals surface area contributed by atoms with Crippen LogP contribution in [0.4, 0.5) is 0 Å². The second kappa shape index (κ2) is 11.8. The van der Waals surface area contributed by atoms with Gasteiger partial charge in [-0.2, -0.15) is 0 Å². The molecule has 0 radical (unpaired) electrons. The van der Waals surface area contributed by atoms with Gasteiger partial charge in [0.15, 0.2) is 0 Å². The van der Waals surface area contributed by atoms with Crippen LogP contribution in [0.1, 0.15) is 23.1 Å². The standard InChI is InChI=1S/C49H33NS2/c1-3-16-32(17-4-1)34-21-14-27-41-47(34)51-44-30-11-8-25-39(44)49(41)40-26-9-12-31-45(40)52-48-38(24-15-28-42(48)49)37-23-13-22-36-35-20-7-10-29-43(35)50(46(36)37)33-18-5-2-6-19-33/h1-25,27-31,40H,26H2. The van der Waals surface area contributed by atoms with Crippen molar-refractivity contribution in [2.24, 2.45) is 5.92 Å². The van der Waals surface area contributed by atoms with Gasteiger partial charge in [0.25, 0.3) is 0 Å². The van der Waals surface area contributed by atoms with Crippen LogP contribution in [0.15, 0.2) is 202 Å². The molecule has 1 nitrogen and oxygen atoms in total. The molecule has 3 aliphatic rings. The van der Waals surface area contributed by atoms with Gasteiger partial charge in [-0.25, -0.2) is 0 Å². The third kappa shape index (κ3) is 4.21. The van der Waals surface area contributed by atoms with Crippen molar-refractivity contribution >= 4 is 45.3 Å². The summed E-state index contributed by atoms with van der Waals surface area (Å²) in [6, 6.07) is 60.9. The molecule has 0 amide bonds.